The molecule has 0 unspecified atom stereocenters. The molecule has 0 fully saturated rings. The number of aliphatic hydroxyl groups is 1. The van der Waals surface area contributed by atoms with Crippen molar-refractivity contribution in [2.75, 3.05) is 6.54 Å². The van der Waals surface area contributed by atoms with Crippen LogP contribution < -0.4 is 10.2 Å². The van der Waals surface area contributed by atoms with Gasteiger partial charge in [0.2, 0.25) is 9.84 Å². The van der Waals surface area contributed by atoms with Crippen molar-refractivity contribution in [3.05, 3.63) is 87.9 Å². The predicted molar refractivity (Wildman–Crippen MR) is 141 cm³/mol. The fraction of sp³-hybridized carbons (Fsp3) is 0.240. The summed E-state index contributed by atoms with van der Waals surface area (Å²) >= 11 is 12.1. The molecule has 0 heterocycles. The Morgan fingerprint density at radius 2 is 1.69 bits per heavy atom. The molecule has 3 aromatic rings. The second-order valence-electron chi connectivity index (χ2n) is 7.98. The largest absolute Gasteiger partial charge is 0.387 e. The molecule has 3 aromatic carbocycles. The van der Waals surface area contributed by atoms with Gasteiger partial charge in [0.1, 0.15) is 0 Å². The van der Waals surface area contributed by atoms with Gasteiger partial charge in [-0.25, -0.2) is 13.2 Å². The van der Waals surface area contributed by atoms with Crippen molar-refractivity contribution in [1.82, 2.24) is 5.32 Å². The number of sulfone groups is 1. The lowest BCUT2D eigenvalue weighted by Gasteiger charge is -2.18. The summed E-state index contributed by atoms with van der Waals surface area (Å²) < 4.78 is 26.0. The van der Waals surface area contributed by atoms with Crippen LogP contribution >= 0.6 is 35.6 Å². The molecule has 0 amide bonds. The number of aliphatic hydroxyl groups excluding tert-OH is 1. The molecular formula is C25H26Cl3NO6S. The van der Waals surface area contributed by atoms with Gasteiger partial charge in [-0.3, -0.25) is 9.78 Å². The molecule has 0 aromatic heterocycles. The average molecular weight is 575 g/mol. The zero-order valence-corrected chi connectivity index (χ0v) is 22.6. The van der Waals surface area contributed by atoms with E-state index in [1.807, 2.05) is 13.0 Å². The first kappa shape index (κ1) is 29.9. The molecule has 0 aliphatic rings. The number of halogens is 3. The Morgan fingerprint density at radius 1 is 1.03 bits per heavy atom. The lowest BCUT2D eigenvalue weighted by molar-refractivity contribution is -0.210. The van der Waals surface area contributed by atoms with E-state index >= 15 is 0 Å². The molecule has 0 bridgehead atoms. The van der Waals surface area contributed by atoms with Crippen molar-refractivity contribution in [2.45, 2.75) is 42.2 Å². The van der Waals surface area contributed by atoms with Gasteiger partial charge in [-0.05, 0) is 66.9 Å². The first-order valence-corrected chi connectivity index (χ1v) is 13.0. The molecule has 0 radical (unpaired) electrons. The van der Waals surface area contributed by atoms with E-state index < -0.39 is 21.9 Å². The lowest BCUT2D eigenvalue weighted by Crippen LogP contribution is -2.32. The number of carbonyl (C=O) groups is 1. The lowest BCUT2D eigenvalue weighted by atomic mass is 10.1. The van der Waals surface area contributed by atoms with E-state index in [9.17, 15) is 18.3 Å². The van der Waals surface area contributed by atoms with E-state index in [1.165, 1.54) is 30.3 Å². The quantitative estimate of drug-likeness (QED) is 0.248. The highest BCUT2D eigenvalue weighted by atomic mass is 35.5. The molecule has 2 N–H and O–H groups in total. The fourth-order valence-corrected chi connectivity index (χ4v) is 5.09. The van der Waals surface area contributed by atoms with E-state index in [4.69, 9.17) is 28.1 Å². The van der Waals surface area contributed by atoms with Crippen molar-refractivity contribution in [3.8, 4) is 5.75 Å². The zero-order valence-electron chi connectivity index (χ0n) is 19.5. The van der Waals surface area contributed by atoms with Crippen LogP contribution in [0.15, 0.2) is 76.5 Å². The maximum atomic E-state index is 13.0. The highest BCUT2D eigenvalue weighted by Crippen LogP contribution is 2.30. The number of hydrogen-bond acceptors (Lipinski definition) is 7. The molecule has 0 aliphatic heterocycles. The van der Waals surface area contributed by atoms with Crippen LogP contribution in [0.1, 0.15) is 31.1 Å². The third kappa shape index (κ3) is 8.09. The summed E-state index contributed by atoms with van der Waals surface area (Å²) in [5, 5.41) is 14.2. The first-order chi connectivity index (χ1) is 16.6. The van der Waals surface area contributed by atoms with Crippen LogP contribution in [0.4, 0.5) is 0 Å². The predicted octanol–water partition coefficient (Wildman–Crippen LogP) is 5.36. The van der Waals surface area contributed by atoms with Crippen molar-refractivity contribution in [3.63, 3.8) is 0 Å². The van der Waals surface area contributed by atoms with Gasteiger partial charge in [-0.15, -0.1) is 12.4 Å². The Morgan fingerprint density at radius 3 is 2.31 bits per heavy atom. The van der Waals surface area contributed by atoms with E-state index in [-0.39, 0.29) is 39.0 Å². The minimum atomic E-state index is -3.82. The van der Waals surface area contributed by atoms with Gasteiger partial charge in [-0.1, -0.05) is 47.5 Å². The van der Waals surface area contributed by atoms with Crippen LogP contribution in [0, 0.1) is 0 Å². The van der Waals surface area contributed by atoms with Crippen molar-refractivity contribution < 1.29 is 28.1 Å². The van der Waals surface area contributed by atoms with Gasteiger partial charge in [0.25, 0.3) is 0 Å². The van der Waals surface area contributed by atoms with Crippen molar-refractivity contribution >= 4 is 51.4 Å². The molecule has 36 heavy (non-hydrogen) atoms. The van der Waals surface area contributed by atoms with E-state index in [1.54, 1.807) is 30.3 Å². The third-order valence-electron chi connectivity index (χ3n) is 5.13. The molecule has 3 rings (SSSR count). The number of nitrogens with one attached hydrogen (secondary N) is 1. The molecule has 11 heteroatoms. The Kier molecular flexibility index (Phi) is 11.0. The maximum Gasteiger partial charge on any atom is 0.352 e. The standard InChI is InChI=1S/C25H25Cl2NO6S.ClH/c1-16(28-15-24(30)19-4-3-5-20(26)13-19)12-18-6-8-21(9-7-18)35(31,32)22-10-11-25(23(27)14-22)34-33-17(2)29;/h3-11,13-14,16,24,28,30H,12,15H2,1-2H3;1H/t16-,24+;/m1./s1. The van der Waals surface area contributed by atoms with Gasteiger partial charge in [-0.2, -0.15) is 0 Å². The highest BCUT2D eigenvalue weighted by molar-refractivity contribution is 7.91. The number of carbonyl (C=O) groups excluding carboxylic acids is 1. The second kappa shape index (κ2) is 13.3. The van der Waals surface area contributed by atoms with Crippen LogP contribution in [0.3, 0.4) is 0 Å². The van der Waals surface area contributed by atoms with Crippen LogP contribution in [0.5, 0.6) is 5.75 Å². The zero-order chi connectivity index (χ0) is 25.6. The Bertz CT molecular complexity index is 1290. The maximum absolute atomic E-state index is 13.0. The minimum Gasteiger partial charge on any atom is -0.387 e. The van der Waals surface area contributed by atoms with E-state index in [2.05, 4.69) is 10.2 Å². The number of hydrogen-bond donors (Lipinski definition) is 2. The molecule has 0 spiro atoms. The minimum absolute atomic E-state index is 0. The van der Waals surface area contributed by atoms with Crippen molar-refractivity contribution in [2.24, 2.45) is 0 Å². The Labute approximate surface area is 226 Å². The smallest absolute Gasteiger partial charge is 0.352 e. The topological polar surface area (TPSA) is 102 Å². The van der Waals surface area contributed by atoms with Gasteiger partial charge in [0.05, 0.1) is 20.9 Å². The van der Waals surface area contributed by atoms with E-state index in [0.717, 1.165) is 18.1 Å². The third-order valence-corrected chi connectivity index (χ3v) is 7.43. The molecule has 0 aliphatic carbocycles. The summed E-state index contributed by atoms with van der Waals surface area (Å²) in [6, 6.07) is 17.6. The van der Waals surface area contributed by atoms with Crippen LogP contribution in [-0.2, 0) is 25.9 Å². The normalized spacial score (nSPS) is 12.8. The summed E-state index contributed by atoms with van der Waals surface area (Å²) in [5.41, 5.74) is 1.67. The molecule has 0 saturated carbocycles. The summed E-state index contributed by atoms with van der Waals surface area (Å²) in [6.45, 7) is 3.50. The highest BCUT2D eigenvalue weighted by Gasteiger charge is 2.20. The number of benzene rings is 3. The van der Waals surface area contributed by atoms with Gasteiger partial charge in [0, 0.05) is 24.5 Å². The van der Waals surface area contributed by atoms with Gasteiger partial charge in [0.15, 0.2) is 5.75 Å². The molecule has 0 saturated heterocycles. The first-order valence-electron chi connectivity index (χ1n) is 10.7. The summed E-state index contributed by atoms with van der Waals surface area (Å²) in [4.78, 5) is 20.2. The summed E-state index contributed by atoms with van der Waals surface area (Å²) in [6.07, 6.45) is -0.0577. The summed E-state index contributed by atoms with van der Waals surface area (Å²) in [7, 11) is -3.82. The van der Waals surface area contributed by atoms with E-state index in [0.29, 0.717) is 18.0 Å². The fourth-order valence-electron chi connectivity index (χ4n) is 3.33. The van der Waals surface area contributed by atoms with Gasteiger partial charge < -0.3 is 10.4 Å². The van der Waals surface area contributed by atoms with Gasteiger partial charge >= 0.3 is 5.97 Å². The SMILES string of the molecule is CC(=O)OOc1ccc(S(=O)(=O)c2ccc(C[C@@H](C)NC[C@H](O)c3cccc(Cl)c3)cc2)cc1Cl.Cl. The van der Waals surface area contributed by atoms with Crippen LogP contribution in [0.25, 0.3) is 0 Å². The molecule has 7 nitrogen and oxygen atoms in total. The van der Waals surface area contributed by atoms with Crippen LogP contribution in [-0.4, -0.2) is 32.1 Å². The van der Waals surface area contributed by atoms with Crippen LogP contribution in [0.2, 0.25) is 10.0 Å². The molecular weight excluding hydrogens is 549 g/mol. The Balaban J connectivity index is 0.00000456. The average Bonchev–Trinajstić information content (AvgIpc) is 2.82. The second-order valence-corrected chi connectivity index (χ2v) is 10.8. The summed E-state index contributed by atoms with van der Waals surface area (Å²) in [5.74, 6) is -0.641. The van der Waals surface area contributed by atoms with Crippen molar-refractivity contribution in [1.29, 1.82) is 0 Å². The number of rotatable bonds is 10. The Hall–Kier alpha value is -2.33. The monoisotopic (exact) mass is 573 g/mol. The molecule has 194 valence electrons. The molecule has 2 atom stereocenters.